The number of nitrogens with zero attached hydrogens (tertiary/aromatic N) is 9. The molecule has 10 aromatic carbocycles. The summed E-state index contributed by atoms with van der Waals surface area (Å²) in [7, 11) is 0. The number of rotatable bonds is 13. The lowest BCUT2D eigenvalue weighted by Crippen LogP contribution is -1.98. The highest BCUT2D eigenvalue weighted by molar-refractivity contribution is 6.29. The molecule has 0 atom stereocenters. The summed E-state index contributed by atoms with van der Waals surface area (Å²) in [6.45, 7) is 8.15. The highest BCUT2D eigenvalue weighted by Crippen LogP contribution is 2.34. The molecule has 19 rings (SSSR count). The average molecular weight is 1540 g/mol. The Morgan fingerprint density at radius 3 is 1.19 bits per heavy atom. The van der Waals surface area contributed by atoms with Gasteiger partial charge in [-0.3, -0.25) is 0 Å². The zero-order chi connectivity index (χ0) is 78.1. The number of aryl methyl sites for hydroxylation is 2. The van der Waals surface area contributed by atoms with Gasteiger partial charge in [-0.15, -0.1) is 12.4 Å². The first-order valence-electron chi connectivity index (χ1n) is 36.7. The third-order valence-electron chi connectivity index (χ3n) is 18.7. The number of nitriles is 2. The minimum absolute atomic E-state index is 0. The van der Waals surface area contributed by atoms with Crippen molar-refractivity contribution in [3.63, 3.8) is 0 Å². The molecule has 0 aliphatic heterocycles. The Morgan fingerprint density at radius 1 is 0.368 bits per heavy atom. The lowest BCUT2D eigenvalue weighted by Gasteiger charge is -2.09. The third-order valence-corrected chi connectivity index (χ3v) is 18.9. The highest BCUT2D eigenvalue weighted by Gasteiger charge is 2.13. The lowest BCUT2D eigenvalue weighted by molar-refractivity contribution is 0.467. The summed E-state index contributed by atoms with van der Waals surface area (Å²) >= 11 is 5.46. The van der Waals surface area contributed by atoms with E-state index in [9.17, 15) is 10.2 Å². The number of aromatic hydroxyl groups is 2. The van der Waals surface area contributed by atoms with Gasteiger partial charge in [0.05, 0.1) is 39.8 Å². The number of benzene rings is 10. The van der Waals surface area contributed by atoms with E-state index in [-0.39, 0.29) is 12.4 Å². The van der Waals surface area contributed by atoms with Crippen LogP contribution in [0.1, 0.15) is 50.1 Å². The Hall–Kier alpha value is -14.4. The molecule has 0 amide bonds. The molecule has 564 valence electrons. The van der Waals surface area contributed by atoms with Gasteiger partial charge >= 0.3 is 0 Å². The Balaban J connectivity index is 0.000000127. The first kappa shape index (κ1) is 79.2. The zero-order valence-corrected chi connectivity index (χ0v) is 64.3. The molecule has 0 saturated heterocycles. The quantitative estimate of drug-likeness (QED) is 0.0687. The molecule has 0 bridgehead atoms. The van der Waals surface area contributed by atoms with Crippen LogP contribution in [0.4, 0.5) is 0 Å². The van der Waals surface area contributed by atoms with E-state index in [2.05, 4.69) is 227 Å². The summed E-state index contributed by atoms with van der Waals surface area (Å²) in [5.41, 5.74) is 22.3. The van der Waals surface area contributed by atoms with Crippen molar-refractivity contribution in [1.29, 1.82) is 10.5 Å². The number of nitrogens with two attached hydrogens (primary N) is 1. The van der Waals surface area contributed by atoms with Gasteiger partial charge in [-0.2, -0.15) is 10.5 Å². The molecule has 6 N–H and O–H groups in total. The van der Waals surface area contributed by atoms with Crippen molar-refractivity contribution < 1.29 is 19.7 Å². The van der Waals surface area contributed by atoms with Gasteiger partial charge in [0.2, 0.25) is 11.8 Å². The van der Waals surface area contributed by atoms with E-state index < -0.39 is 0 Å². The van der Waals surface area contributed by atoms with Crippen LogP contribution in [0, 0.1) is 36.5 Å². The van der Waals surface area contributed by atoms with Gasteiger partial charge in [-0.1, -0.05) is 181 Å². The lowest BCUT2D eigenvalue weighted by atomic mass is 10.1. The number of fused-ring (bicyclic) bond motifs is 6. The summed E-state index contributed by atoms with van der Waals surface area (Å²) in [5.74, 6) is 3.18. The van der Waals surface area contributed by atoms with Gasteiger partial charge in [0.15, 0.2) is 0 Å². The van der Waals surface area contributed by atoms with E-state index in [1.54, 1.807) is 42.7 Å². The number of aromatic amines is 2. The molecular weight excluding hydrogens is 1460 g/mol. The fourth-order valence-electron chi connectivity index (χ4n) is 13.0. The van der Waals surface area contributed by atoms with Crippen LogP contribution in [-0.2, 0) is 32.7 Å². The number of aromatic nitrogens is 9. The summed E-state index contributed by atoms with van der Waals surface area (Å²) < 4.78 is 20.8. The normalized spacial score (nSPS) is 10.4. The number of hydrogen-bond donors (Lipinski definition) is 5. The van der Waals surface area contributed by atoms with Gasteiger partial charge in [0.1, 0.15) is 28.2 Å². The van der Waals surface area contributed by atoms with Crippen LogP contribution in [0.3, 0.4) is 0 Å². The molecule has 16 nitrogen and oxygen atoms in total. The van der Waals surface area contributed by atoms with E-state index in [0.717, 1.165) is 86.9 Å². The minimum atomic E-state index is 0. The van der Waals surface area contributed by atoms with Crippen LogP contribution >= 0.6 is 24.0 Å². The monoisotopic (exact) mass is 1540 g/mol. The minimum Gasteiger partial charge on any atom is -0.507 e. The molecule has 9 heterocycles. The van der Waals surface area contributed by atoms with Gasteiger partial charge in [0.25, 0.3) is 0 Å². The number of pyridine rings is 3. The second-order valence-corrected chi connectivity index (χ2v) is 26.8. The van der Waals surface area contributed by atoms with Crippen LogP contribution in [0.25, 0.3) is 65.4 Å². The Bertz CT molecular complexity index is 6190. The maximum Gasteiger partial charge on any atom is 0.220 e. The van der Waals surface area contributed by atoms with Crippen LogP contribution in [0.15, 0.2) is 359 Å². The van der Waals surface area contributed by atoms with E-state index in [1.807, 2.05) is 146 Å². The standard InChI is InChI=1S/C21H19N3O.C21H15N3O.C16H15N.C15H13NO.C9H9N.C8H7NO.C6H3ClN2.ClH/c2*22-14-17-9-11-23-21(13-17)25-20-8-4-7-19-18(20)10-12-24(19)15-16-5-2-1-3-6-16;1-13-6-5-9-16-15(13)10-11-17(16)12-14-7-3-2-4-8-14;17-15-8-4-7-14-13(15)9-10-16(14)11-12-5-2-1-3-6-12;1-7-3-2-4-9-8(7)5-6-10-9;10-8-3-1-2-7-6(8)4-5-9-7;7-6-3-5(4-8)1-2-9-6;/h1-13H,14-15,22H2;1-13H,15H2;2-11H,12H2,1H3;1-10,17H,11H2;2-6,10H,1H3;1-5,9-10H;1-3H;1H. The number of ether oxygens (including phenoxy) is 2. The van der Waals surface area contributed by atoms with Crippen molar-refractivity contribution in [2.45, 2.75) is 46.6 Å². The fourth-order valence-corrected chi connectivity index (χ4v) is 13.2. The molecule has 0 saturated carbocycles. The first-order chi connectivity index (χ1) is 55.4. The summed E-state index contributed by atoms with van der Waals surface area (Å²) in [5, 5.41) is 43.2. The number of H-pyrrole nitrogens is 2. The molecule has 0 aliphatic rings. The predicted octanol–water partition coefficient (Wildman–Crippen LogP) is 22.9. The van der Waals surface area contributed by atoms with Crippen molar-refractivity contribution in [3.8, 4) is 46.9 Å². The third kappa shape index (κ3) is 20.7. The smallest absolute Gasteiger partial charge is 0.220 e. The van der Waals surface area contributed by atoms with Gasteiger partial charge in [-0.25, -0.2) is 15.0 Å². The summed E-state index contributed by atoms with van der Waals surface area (Å²) in [6, 6.07) is 104. The first-order valence-corrected chi connectivity index (χ1v) is 37.1. The van der Waals surface area contributed by atoms with Crippen LogP contribution < -0.4 is 15.2 Å². The van der Waals surface area contributed by atoms with Crippen LogP contribution in [0.5, 0.6) is 34.8 Å². The van der Waals surface area contributed by atoms with Gasteiger partial charge in [0, 0.05) is 149 Å². The van der Waals surface area contributed by atoms with E-state index in [0.29, 0.717) is 46.1 Å². The van der Waals surface area contributed by atoms with E-state index in [1.165, 1.54) is 67.4 Å². The Kier molecular flexibility index (Phi) is 27.3. The number of halogens is 2. The van der Waals surface area contributed by atoms with Crippen molar-refractivity contribution in [2.75, 3.05) is 0 Å². The topological polar surface area (TPSA) is 222 Å². The SMILES string of the molecule is Cc1cccc2[nH]ccc12.Cc1cccc2c1ccn2Cc1ccccc1.Cl.N#Cc1ccnc(Cl)c1.N#Cc1ccnc(Oc2cccc3c2ccn3Cc2ccccc2)c1.NCc1ccnc(Oc2cccc3c2ccn3Cc2ccccc2)c1.Oc1cccc2[nH]ccc12.Oc1cccc2c1ccn2Cc1ccccc1. The molecular formula is C96H82Cl2N12O4. The number of hydrogen-bond acceptors (Lipinski definition) is 10. The van der Waals surface area contributed by atoms with Crippen molar-refractivity contribution in [3.05, 3.63) is 414 Å². The van der Waals surface area contributed by atoms with Crippen LogP contribution in [-0.4, -0.2) is 53.4 Å². The molecule has 0 aliphatic carbocycles. The predicted molar refractivity (Wildman–Crippen MR) is 462 cm³/mol. The van der Waals surface area contributed by atoms with Crippen molar-refractivity contribution >= 4 is 89.4 Å². The fraction of sp³-hybridized carbons (Fsp3) is 0.0729. The molecule has 0 radical (unpaired) electrons. The largest absolute Gasteiger partial charge is 0.507 e. The summed E-state index contributed by atoms with van der Waals surface area (Å²) in [4.78, 5) is 18.3. The highest BCUT2D eigenvalue weighted by atomic mass is 35.5. The number of phenolic OH excluding ortho intramolecular Hbond substituents is 2. The van der Waals surface area contributed by atoms with Gasteiger partial charge in [-0.05, 0) is 174 Å². The Morgan fingerprint density at radius 2 is 0.737 bits per heavy atom. The summed E-state index contributed by atoms with van der Waals surface area (Å²) in [6.07, 6.45) is 16.9. The zero-order valence-electron chi connectivity index (χ0n) is 62.7. The van der Waals surface area contributed by atoms with E-state index >= 15 is 0 Å². The molecule has 19 aromatic rings. The molecule has 9 aromatic heterocycles. The Labute approximate surface area is 672 Å². The second kappa shape index (κ2) is 39.3. The van der Waals surface area contributed by atoms with Crippen molar-refractivity contribution in [1.82, 2.24) is 43.2 Å². The maximum absolute atomic E-state index is 9.74. The van der Waals surface area contributed by atoms with Crippen molar-refractivity contribution in [2.24, 2.45) is 5.73 Å². The molecule has 0 spiro atoms. The van der Waals surface area contributed by atoms with Gasteiger partial charge < -0.3 is 53.7 Å². The van der Waals surface area contributed by atoms with Crippen LogP contribution in [0.2, 0.25) is 5.15 Å². The average Bonchev–Trinajstić information content (AvgIpc) is 1.64. The maximum atomic E-state index is 9.74. The molecule has 18 heteroatoms. The molecule has 0 unspecified atom stereocenters. The molecule has 114 heavy (non-hydrogen) atoms. The number of phenols is 2. The van der Waals surface area contributed by atoms with E-state index in [4.69, 9.17) is 37.3 Å². The second-order valence-electron chi connectivity index (χ2n) is 26.4. The molecule has 0 fully saturated rings. The number of nitrogens with one attached hydrogen (secondary N) is 2.